The smallest absolute Gasteiger partial charge is 0.247 e. The summed E-state index contributed by atoms with van der Waals surface area (Å²) < 4.78 is 12.9. The summed E-state index contributed by atoms with van der Waals surface area (Å²) in [7, 11) is 3.59. The number of ether oxygens (including phenoxy) is 1. The number of benzene rings is 1. The highest BCUT2D eigenvalue weighted by atomic mass is 16.5. The van der Waals surface area contributed by atoms with Crippen molar-refractivity contribution in [2.75, 3.05) is 13.7 Å². The van der Waals surface area contributed by atoms with Crippen LogP contribution < -0.4 is 4.74 Å². The minimum Gasteiger partial charge on any atom is -0.497 e. The molecule has 3 aromatic rings. The molecule has 0 saturated carbocycles. The molecule has 130 valence electrons. The number of aromatic nitrogens is 4. The Morgan fingerprint density at radius 3 is 2.80 bits per heavy atom. The van der Waals surface area contributed by atoms with Crippen molar-refractivity contribution in [3.63, 3.8) is 0 Å². The van der Waals surface area contributed by atoms with E-state index < -0.39 is 0 Å². The zero-order valence-electron chi connectivity index (χ0n) is 14.4. The maximum atomic E-state index is 5.87. The van der Waals surface area contributed by atoms with E-state index in [0.29, 0.717) is 24.4 Å². The molecule has 1 aromatic carbocycles. The van der Waals surface area contributed by atoms with Gasteiger partial charge in [-0.05, 0) is 43.7 Å². The molecule has 1 atom stereocenters. The summed E-state index contributed by atoms with van der Waals surface area (Å²) in [6.45, 7) is 1.68. The van der Waals surface area contributed by atoms with Crippen LogP contribution in [0.5, 0.6) is 5.75 Å². The summed E-state index contributed by atoms with van der Waals surface area (Å²) in [4.78, 5) is 2.38. The van der Waals surface area contributed by atoms with Gasteiger partial charge in [-0.1, -0.05) is 0 Å². The Hall–Kier alpha value is -2.67. The van der Waals surface area contributed by atoms with Gasteiger partial charge >= 0.3 is 0 Å². The summed E-state index contributed by atoms with van der Waals surface area (Å²) in [5.74, 6) is 1.98. The zero-order valence-corrected chi connectivity index (χ0v) is 14.4. The molecule has 0 N–H and O–H groups in total. The molecule has 4 rings (SSSR count). The van der Waals surface area contributed by atoms with E-state index in [9.17, 15) is 0 Å². The highest BCUT2D eigenvalue weighted by Gasteiger charge is 2.28. The molecule has 2 aromatic heterocycles. The molecule has 7 nitrogen and oxygen atoms in total. The van der Waals surface area contributed by atoms with Gasteiger partial charge < -0.3 is 9.15 Å². The summed E-state index contributed by atoms with van der Waals surface area (Å²) >= 11 is 0. The van der Waals surface area contributed by atoms with Gasteiger partial charge in [0.25, 0.3) is 0 Å². The van der Waals surface area contributed by atoms with Crippen LogP contribution in [0.25, 0.3) is 11.5 Å². The number of aryl methyl sites for hydroxylation is 1. The zero-order chi connectivity index (χ0) is 17.2. The first-order valence-electron chi connectivity index (χ1n) is 8.42. The third kappa shape index (κ3) is 3.28. The molecule has 0 amide bonds. The lowest BCUT2D eigenvalue weighted by Crippen LogP contribution is -2.22. The lowest BCUT2D eigenvalue weighted by Gasteiger charge is -2.21. The fourth-order valence-electron chi connectivity index (χ4n) is 3.35. The van der Waals surface area contributed by atoms with Crippen molar-refractivity contribution in [3.8, 4) is 17.2 Å². The Morgan fingerprint density at radius 1 is 1.24 bits per heavy atom. The number of methoxy groups -OCH3 is 1. The number of rotatable bonds is 5. The van der Waals surface area contributed by atoms with Crippen LogP contribution in [0.1, 0.15) is 30.3 Å². The second kappa shape index (κ2) is 6.68. The average molecular weight is 339 g/mol. The van der Waals surface area contributed by atoms with Crippen molar-refractivity contribution in [1.29, 1.82) is 0 Å². The largest absolute Gasteiger partial charge is 0.497 e. The topological polar surface area (TPSA) is 69.2 Å². The number of hydrogen-bond acceptors (Lipinski definition) is 6. The van der Waals surface area contributed by atoms with Gasteiger partial charge in [-0.2, -0.15) is 5.10 Å². The van der Waals surface area contributed by atoms with Gasteiger partial charge in [0.15, 0.2) is 0 Å². The van der Waals surface area contributed by atoms with Crippen molar-refractivity contribution in [2.45, 2.75) is 25.4 Å². The van der Waals surface area contributed by atoms with Gasteiger partial charge in [-0.3, -0.25) is 9.58 Å². The van der Waals surface area contributed by atoms with E-state index in [1.54, 1.807) is 7.11 Å². The molecule has 1 unspecified atom stereocenters. The molecule has 3 heterocycles. The van der Waals surface area contributed by atoms with Crippen LogP contribution in [0.3, 0.4) is 0 Å². The van der Waals surface area contributed by atoms with Crippen LogP contribution in [0.4, 0.5) is 0 Å². The van der Waals surface area contributed by atoms with Gasteiger partial charge in [-0.25, -0.2) is 0 Å². The first kappa shape index (κ1) is 15.8. The summed E-state index contributed by atoms with van der Waals surface area (Å²) in [5.41, 5.74) is 2.14. The van der Waals surface area contributed by atoms with E-state index in [1.807, 2.05) is 42.2 Å². The van der Waals surface area contributed by atoms with Gasteiger partial charge in [0.2, 0.25) is 11.8 Å². The minimum absolute atomic E-state index is 0.366. The molecular formula is C18H21N5O2. The molecule has 25 heavy (non-hydrogen) atoms. The van der Waals surface area contributed by atoms with Crippen molar-refractivity contribution in [2.24, 2.45) is 7.05 Å². The Balaban J connectivity index is 1.48. The first-order valence-corrected chi connectivity index (χ1v) is 8.42. The molecule has 0 bridgehead atoms. The van der Waals surface area contributed by atoms with E-state index >= 15 is 0 Å². The number of hydrogen-bond donors (Lipinski definition) is 0. The third-order valence-electron chi connectivity index (χ3n) is 4.62. The number of likely N-dealkylation sites (tertiary alicyclic amines) is 1. The predicted octanol–water partition coefficient (Wildman–Crippen LogP) is 2.82. The lowest BCUT2D eigenvalue weighted by atomic mass is 10.1. The van der Waals surface area contributed by atoms with Gasteiger partial charge in [0.05, 0.1) is 19.9 Å². The fourth-order valence-corrected chi connectivity index (χ4v) is 3.35. The second-order valence-corrected chi connectivity index (χ2v) is 6.31. The monoisotopic (exact) mass is 339 g/mol. The van der Waals surface area contributed by atoms with Crippen LogP contribution in [-0.2, 0) is 13.6 Å². The van der Waals surface area contributed by atoms with Gasteiger partial charge in [0.1, 0.15) is 5.75 Å². The van der Waals surface area contributed by atoms with E-state index in [-0.39, 0.29) is 0 Å². The Kier molecular flexibility index (Phi) is 4.23. The quantitative estimate of drug-likeness (QED) is 0.712. The summed E-state index contributed by atoms with van der Waals surface area (Å²) in [6.07, 6.45) is 6.32. The van der Waals surface area contributed by atoms with Crippen molar-refractivity contribution >= 4 is 0 Å². The fraction of sp³-hybridized carbons (Fsp3) is 0.389. The normalized spacial score (nSPS) is 17.9. The van der Waals surface area contributed by atoms with Crippen LogP contribution in [0, 0.1) is 0 Å². The van der Waals surface area contributed by atoms with E-state index in [1.165, 1.54) is 12.0 Å². The van der Waals surface area contributed by atoms with Gasteiger partial charge in [0, 0.05) is 30.4 Å². The van der Waals surface area contributed by atoms with Crippen molar-refractivity contribution < 1.29 is 9.15 Å². The standard InChI is InChI=1S/C18H21N5O2/c1-22-11-14(10-19-22)16-4-3-9-23(16)12-17-20-21-18(25-17)13-5-7-15(24-2)8-6-13/h5-8,10-11,16H,3-4,9,12H2,1-2H3. The molecule has 1 aliphatic rings. The molecule has 1 saturated heterocycles. The lowest BCUT2D eigenvalue weighted by molar-refractivity contribution is 0.224. The molecule has 0 radical (unpaired) electrons. The predicted molar refractivity (Wildman–Crippen MR) is 91.9 cm³/mol. The highest BCUT2D eigenvalue weighted by molar-refractivity contribution is 5.53. The SMILES string of the molecule is COc1ccc(-c2nnc(CN3CCCC3c3cnn(C)c3)o2)cc1. The Morgan fingerprint density at radius 2 is 2.08 bits per heavy atom. The summed E-state index contributed by atoms with van der Waals surface area (Å²) in [5, 5.41) is 12.7. The number of nitrogens with zero attached hydrogens (tertiary/aromatic N) is 5. The van der Waals surface area contributed by atoms with E-state index in [0.717, 1.165) is 24.3 Å². The minimum atomic E-state index is 0.366. The highest BCUT2D eigenvalue weighted by Crippen LogP contribution is 2.33. The molecular weight excluding hydrogens is 318 g/mol. The van der Waals surface area contributed by atoms with Crippen molar-refractivity contribution in [1.82, 2.24) is 24.9 Å². The molecule has 1 aliphatic heterocycles. The van der Waals surface area contributed by atoms with E-state index in [4.69, 9.17) is 9.15 Å². The van der Waals surface area contributed by atoms with Crippen LogP contribution >= 0.6 is 0 Å². The first-order chi connectivity index (χ1) is 12.2. The average Bonchev–Trinajstić information content (AvgIpc) is 3.36. The molecule has 7 heteroatoms. The Bertz CT molecular complexity index is 839. The molecule has 1 fully saturated rings. The van der Waals surface area contributed by atoms with Crippen molar-refractivity contribution in [3.05, 3.63) is 48.1 Å². The Labute approximate surface area is 146 Å². The molecule has 0 spiro atoms. The maximum Gasteiger partial charge on any atom is 0.247 e. The molecule has 0 aliphatic carbocycles. The van der Waals surface area contributed by atoms with Gasteiger partial charge in [-0.15, -0.1) is 10.2 Å². The van der Waals surface area contributed by atoms with E-state index in [2.05, 4.69) is 26.4 Å². The second-order valence-electron chi connectivity index (χ2n) is 6.31. The summed E-state index contributed by atoms with van der Waals surface area (Å²) in [6, 6.07) is 7.98. The van der Waals surface area contributed by atoms with Crippen LogP contribution in [0.15, 0.2) is 41.1 Å². The van der Waals surface area contributed by atoms with Crippen LogP contribution in [0.2, 0.25) is 0 Å². The van der Waals surface area contributed by atoms with Crippen LogP contribution in [-0.4, -0.2) is 38.5 Å². The maximum absolute atomic E-state index is 5.87. The third-order valence-corrected chi connectivity index (χ3v) is 4.62.